The van der Waals surface area contributed by atoms with Crippen LogP contribution in [0.5, 0.6) is 0 Å². The lowest BCUT2D eigenvalue weighted by molar-refractivity contribution is -0.143. The van der Waals surface area contributed by atoms with Crippen LogP contribution in [0.2, 0.25) is 0 Å². The summed E-state index contributed by atoms with van der Waals surface area (Å²) >= 11 is -0.200. The maximum atomic E-state index is 11.8. The molecule has 2 N–H and O–H groups in total. The molecule has 0 unspecified atom stereocenters. The highest BCUT2D eigenvalue weighted by atomic mass is 32.2. The fourth-order valence-electron chi connectivity index (χ4n) is 1.80. The van der Waals surface area contributed by atoms with Crippen molar-refractivity contribution in [1.29, 1.82) is 0 Å². The van der Waals surface area contributed by atoms with Gasteiger partial charge in [0.25, 0.3) is 0 Å². The van der Waals surface area contributed by atoms with Gasteiger partial charge in [0.15, 0.2) is 0 Å². The summed E-state index contributed by atoms with van der Waals surface area (Å²) in [7, 11) is 0. The monoisotopic (exact) mass is 300 g/mol. The van der Waals surface area contributed by atoms with Crippen molar-refractivity contribution in [2.24, 2.45) is 5.92 Å². The first kappa shape index (κ1) is 15.9. The Labute approximate surface area is 112 Å². The Kier molecular flexibility index (Phi) is 5.77. The van der Waals surface area contributed by atoms with Crippen molar-refractivity contribution in [3.05, 3.63) is 0 Å². The van der Waals surface area contributed by atoms with Gasteiger partial charge < -0.3 is 15.3 Å². The largest absolute Gasteiger partial charge is 0.481 e. The summed E-state index contributed by atoms with van der Waals surface area (Å²) in [6, 6.07) is -0.506. The number of hydrogen-bond acceptors (Lipinski definition) is 3. The zero-order chi connectivity index (χ0) is 14.5. The SMILES string of the molecule is O=C(O)[C@H]1CCCN(C(=O)NCCSC(F)(F)F)C1. The van der Waals surface area contributed by atoms with Crippen LogP contribution in [0.1, 0.15) is 12.8 Å². The smallest absolute Gasteiger partial charge is 0.441 e. The zero-order valence-electron chi connectivity index (χ0n) is 10.1. The van der Waals surface area contributed by atoms with Gasteiger partial charge in [-0.05, 0) is 24.6 Å². The number of rotatable bonds is 4. The number of carbonyl (C=O) groups excluding carboxylic acids is 1. The highest BCUT2D eigenvalue weighted by molar-refractivity contribution is 8.00. The molecule has 5 nitrogen and oxygen atoms in total. The molecule has 1 heterocycles. The standard InChI is InChI=1S/C10H15F3N2O3S/c11-10(12,13)19-5-3-14-9(18)15-4-1-2-7(6-15)8(16)17/h7H,1-6H2,(H,14,18)(H,16,17)/t7-/m0/s1. The number of urea groups is 1. The Balaban J connectivity index is 2.27. The molecule has 0 bridgehead atoms. The molecule has 0 aromatic carbocycles. The van der Waals surface area contributed by atoms with Crippen molar-refractivity contribution < 1.29 is 27.9 Å². The van der Waals surface area contributed by atoms with Crippen molar-refractivity contribution in [3.8, 4) is 0 Å². The van der Waals surface area contributed by atoms with E-state index in [9.17, 15) is 22.8 Å². The summed E-state index contributed by atoms with van der Waals surface area (Å²) in [5.41, 5.74) is -4.30. The Bertz CT molecular complexity index is 338. The maximum absolute atomic E-state index is 11.8. The number of aliphatic carboxylic acids is 1. The minimum absolute atomic E-state index is 0.1000. The molecule has 0 aromatic rings. The number of hydrogen-bond donors (Lipinski definition) is 2. The molecule has 110 valence electrons. The number of carboxylic acids is 1. The number of carbonyl (C=O) groups is 2. The van der Waals surface area contributed by atoms with Crippen LogP contribution in [-0.4, -0.2) is 52.9 Å². The molecule has 2 amide bonds. The van der Waals surface area contributed by atoms with Gasteiger partial charge in [0.05, 0.1) is 5.92 Å². The van der Waals surface area contributed by atoms with Crippen LogP contribution in [0.3, 0.4) is 0 Å². The van der Waals surface area contributed by atoms with Gasteiger partial charge in [-0.2, -0.15) is 13.2 Å². The molecule has 0 spiro atoms. The molecule has 1 fully saturated rings. The molecule has 1 rings (SSSR count). The van der Waals surface area contributed by atoms with Gasteiger partial charge in [0.1, 0.15) is 0 Å². The fourth-order valence-corrected chi connectivity index (χ4v) is 2.24. The number of alkyl halides is 3. The van der Waals surface area contributed by atoms with Crippen LogP contribution in [-0.2, 0) is 4.79 Å². The average Bonchev–Trinajstić information content (AvgIpc) is 2.33. The second-order valence-corrected chi connectivity index (χ2v) is 5.31. The third kappa shape index (κ3) is 6.04. The molecular weight excluding hydrogens is 285 g/mol. The number of amides is 2. The molecular formula is C10H15F3N2O3S. The van der Waals surface area contributed by atoms with E-state index in [0.717, 1.165) is 0 Å². The number of nitrogens with one attached hydrogen (secondary N) is 1. The number of nitrogens with zero attached hydrogens (tertiary/aromatic N) is 1. The van der Waals surface area contributed by atoms with Crippen LogP contribution in [0.4, 0.5) is 18.0 Å². The predicted octanol–water partition coefficient (Wildman–Crippen LogP) is 1.75. The van der Waals surface area contributed by atoms with Gasteiger partial charge >= 0.3 is 17.5 Å². The fraction of sp³-hybridized carbons (Fsp3) is 0.800. The minimum Gasteiger partial charge on any atom is -0.481 e. The van der Waals surface area contributed by atoms with E-state index in [4.69, 9.17) is 5.11 Å². The second-order valence-electron chi connectivity index (χ2n) is 4.15. The summed E-state index contributed by atoms with van der Waals surface area (Å²) in [5.74, 6) is -1.81. The van der Waals surface area contributed by atoms with Crippen molar-refractivity contribution in [2.75, 3.05) is 25.4 Å². The topological polar surface area (TPSA) is 69.6 Å². The van der Waals surface area contributed by atoms with Crippen LogP contribution in [0, 0.1) is 5.92 Å². The minimum atomic E-state index is -4.30. The number of halogens is 3. The number of carboxylic acid groups (broad SMARTS) is 1. The highest BCUT2D eigenvalue weighted by Gasteiger charge is 2.29. The van der Waals surface area contributed by atoms with E-state index >= 15 is 0 Å². The Morgan fingerprint density at radius 2 is 2.11 bits per heavy atom. The Morgan fingerprint density at radius 3 is 2.68 bits per heavy atom. The summed E-state index contributed by atoms with van der Waals surface area (Å²) in [5, 5.41) is 11.2. The number of thioether (sulfide) groups is 1. The van der Waals surface area contributed by atoms with Gasteiger partial charge in [-0.25, -0.2) is 4.79 Å². The van der Waals surface area contributed by atoms with Gasteiger partial charge in [0, 0.05) is 25.4 Å². The quantitative estimate of drug-likeness (QED) is 0.776. The Morgan fingerprint density at radius 1 is 1.42 bits per heavy atom. The third-order valence-corrected chi connectivity index (χ3v) is 3.44. The van der Waals surface area contributed by atoms with E-state index in [0.29, 0.717) is 19.4 Å². The summed E-state index contributed by atoms with van der Waals surface area (Å²) in [6.45, 7) is 0.437. The molecule has 19 heavy (non-hydrogen) atoms. The first-order chi connectivity index (χ1) is 8.79. The van der Waals surface area contributed by atoms with E-state index < -0.39 is 23.4 Å². The van der Waals surface area contributed by atoms with Crippen LogP contribution in [0.25, 0.3) is 0 Å². The lowest BCUT2D eigenvalue weighted by Gasteiger charge is -2.30. The average molecular weight is 300 g/mol. The van der Waals surface area contributed by atoms with Crippen LogP contribution < -0.4 is 5.32 Å². The number of piperidine rings is 1. The lowest BCUT2D eigenvalue weighted by atomic mass is 9.99. The molecule has 0 aromatic heterocycles. The van der Waals surface area contributed by atoms with Gasteiger partial charge in [0.2, 0.25) is 0 Å². The van der Waals surface area contributed by atoms with Crippen molar-refractivity contribution in [2.45, 2.75) is 18.3 Å². The van der Waals surface area contributed by atoms with Gasteiger partial charge in [-0.1, -0.05) is 0 Å². The van der Waals surface area contributed by atoms with Crippen LogP contribution >= 0.6 is 11.8 Å². The molecule has 1 saturated heterocycles. The summed E-state index contributed by atoms with van der Waals surface area (Å²) in [6.07, 6.45) is 1.10. The molecule has 9 heteroatoms. The van der Waals surface area contributed by atoms with Crippen LogP contribution in [0.15, 0.2) is 0 Å². The maximum Gasteiger partial charge on any atom is 0.441 e. The normalized spacial score (nSPS) is 20.2. The molecule has 1 aliphatic heterocycles. The summed E-state index contributed by atoms with van der Waals surface area (Å²) < 4.78 is 35.5. The zero-order valence-corrected chi connectivity index (χ0v) is 10.9. The van der Waals surface area contributed by atoms with E-state index in [1.807, 2.05) is 0 Å². The third-order valence-electron chi connectivity index (χ3n) is 2.70. The van der Waals surface area contributed by atoms with Crippen molar-refractivity contribution >= 4 is 23.8 Å². The Hall–Kier alpha value is -1.12. The van der Waals surface area contributed by atoms with E-state index in [2.05, 4.69) is 5.32 Å². The highest BCUT2D eigenvalue weighted by Crippen LogP contribution is 2.29. The number of likely N-dealkylation sites (tertiary alicyclic amines) is 1. The van der Waals surface area contributed by atoms with E-state index in [-0.39, 0.29) is 30.6 Å². The van der Waals surface area contributed by atoms with Gasteiger partial charge in [-0.15, -0.1) is 0 Å². The van der Waals surface area contributed by atoms with Gasteiger partial charge in [-0.3, -0.25) is 4.79 Å². The first-order valence-corrected chi connectivity index (χ1v) is 6.74. The molecule has 0 radical (unpaired) electrons. The lowest BCUT2D eigenvalue weighted by Crippen LogP contribution is -2.47. The first-order valence-electron chi connectivity index (χ1n) is 5.76. The molecule has 1 atom stereocenters. The molecule has 0 aliphatic carbocycles. The van der Waals surface area contributed by atoms with Crippen molar-refractivity contribution in [3.63, 3.8) is 0 Å². The van der Waals surface area contributed by atoms with E-state index in [1.165, 1.54) is 4.90 Å². The molecule has 0 saturated carbocycles. The van der Waals surface area contributed by atoms with E-state index in [1.54, 1.807) is 0 Å². The molecule has 1 aliphatic rings. The van der Waals surface area contributed by atoms with Crippen molar-refractivity contribution in [1.82, 2.24) is 10.2 Å². The summed E-state index contributed by atoms with van der Waals surface area (Å²) in [4.78, 5) is 23.8. The predicted molar refractivity (Wildman–Crippen MR) is 63.8 cm³/mol. The second kappa shape index (κ2) is 6.88.